The number of carbonyl (C=O) groups is 3. The lowest BCUT2D eigenvalue weighted by Gasteiger charge is -2.32. The molecule has 3 N–H and O–H groups in total. The van der Waals surface area contributed by atoms with Crippen molar-refractivity contribution in [3.8, 4) is 0 Å². The highest BCUT2D eigenvalue weighted by molar-refractivity contribution is 5.91. The van der Waals surface area contributed by atoms with Gasteiger partial charge in [0.05, 0.1) is 12.6 Å². The summed E-state index contributed by atoms with van der Waals surface area (Å²) in [5.41, 5.74) is 5.71. The zero-order valence-corrected chi connectivity index (χ0v) is 14.3. The minimum Gasteiger partial charge on any atom is -0.348 e. The summed E-state index contributed by atoms with van der Waals surface area (Å²) in [5.74, 6) is 0.180. The summed E-state index contributed by atoms with van der Waals surface area (Å²) in [5, 5.41) is 2.55. The summed E-state index contributed by atoms with van der Waals surface area (Å²) >= 11 is 0. The first-order valence-corrected chi connectivity index (χ1v) is 7.87. The number of nitrogens with zero attached hydrogens (tertiary/aromatic N) is 1. The molecule has 3 atom stereocenters. The van der Waals surface area contributed by atoms with Crippen LogP contribution in [0.15, 0.2) is 0 Å². The largest absolute Gasteiger partial charge is 0.348 e. The molecule has 1 unspecified atom stereocenters. The molecule has 126 valence electrons. The van der Waals surface area contributed by atoms with Crippen LogP contribution in [0.2, 0.25) is 0 Å². The third-order valence-corrected chi connectivity index (χ3v) is 4.42. The van der Waals surface area contributed by atoms with Gasteiger partial charge >= 0.3 is 0 Å². The smallest absolute Gasteiger partial charge is 0.243 e. The molecule has 1 heterocycles. The molecule has 1 aliphatic heterocycles. The molecule has 0 radical (unpaired) electrons. The van der Waals surface area contributed by atoms with Gasteiger partial charge in [-0.15, -0.1) is 0 Å². The third-order valence-electron chi connectivity index (χ3n) is 4.42. The molecule has 1 aliphatic rings. The normalized spacial score (nSPS) is 23.5. The monoisotopic (exact) mass is 311 g/mol. The molecule has 6 heteroatoms. The summed E-state index contributed by atoms with van der Waals surface area (Å²) in [4.78, 5) is 37.0. The van der Waals surface area contributed by atoms with E-state index in [1.165, 1.54) is 0 Å². The molecule has 0 aromatic rings. The highest BCUT2D eigenvalue weighted by Crippen LogP contribution is 2.31. The van der Waals surface area contributed by atoms with E-state index in [0.717, 1.165) is 0 Å². The predicted molar refractivity (Wildman–Crippen MR) is 85.0 cm³/mol. The Hall–Kier alpha value is -1.43. The van der Waals surface area contributed by atoms with Crippen molar-refractivity contribution in [2.75, 3.05) is 13.1 Å². The van der Waals surface area contributed by atoms with Crippen molar-refractivity contribution in [1.82, 2.24) is 10.2 Å². The van der Waals surface area contributed by atoms with Crippen molar-refractivity contribution in [3.05, 3.63) is 0 Å². The lowest BCUT2D eigenvalue weighted by molar-refractivity contribution is -0.141. The number of amides is 2. The summed E-state index contributed by atoms with van der Waals surface area (Å²) in [6.07, 6.45) is 1.25. The fourth-order valence-electron chi connectivity index (χ4n) is 2.65. The second kappa shape index (κ2) is 7.22. The van der Waals surface area contributed by atoms with Crippen LogP contribution in [0.1, 0.15) is 41.0 Å². The summed E-state index contributed by atoms with van der Waals surface area (Å²) in [7, 11) is 0. The fraction of sp³-hybridized carbons (Fsp3) is 0.812. The quantitative estimate of drug-likeness (QED) is 0.725. The zero-order chi connectivity index (χ0) is 17.1. The van der Waals surface area contributed by atoms with Gasteiger partial charge in [-0.05, 0) is 23.7 Å². The first kappa shape index (κ1) is 18.6. The van der Waals surface area contributed by atoms with E-state index in [0.29, 0.717) is 25.2 Å². The minimum atomic E-state index is -0.653. The molecule has 2 amide bonds. The van der Waals surface area contributed by atoms with Gasteiger partial charge in [0.25, 0.3) is 0 Å². The maximum atomic E-state index is 12.7. The van der Waals surface area contributed by atoms with Gasteiger partial charge in [-0.3, -0.25) is 9.59 Å². The number of hydrogen-bond acceptors (Lipinski definition) is 4. The molecule has 0 spiro atoms. The van der Waals surface area contributed by atoms with Gasteiger partial charge in [-0.2, -0.15) is 0 Å². The van der Waals surface area contributed by atoms with E-state index in [1.54, 1.807) is 4.90 Å². The van der Waals surface area contributed by atoms with Crippen LogP contribution in [0.4, 0.5) is 0 Å². The Morgan fingerprint density at radius 2 is 1.95 bits per heavy atom. The van der Waals surface area contributed by atoms with E-state index in [4.69, 9.17) is 5.73 Å². The topological polar surface area (TPSA) is 92.5 Å². The van der Waals surface area contributed by atoms with E-state index in [1.807, 2.05) is 20.8 Å². The Balaban J connectivity index is 2.93. The van der Waals surface area contributed by atoms with Crippen LogP contribution in [-0.4, -0.2) is 48.2 Å². The van der Waals surface area contributed by atoms with E-state index in [2.05, 4.69) is 19.2 Å². The van der Waals surface area contributed by atoms with Crippen LogP contribution in [0.3, 0.4) is 0 Å². The highest BCUT2D eigenvalue weighted by atomic mass is 16.2. The lowest BCUT2D eigenvalue weighted by Crippen LogP contribution is -2.55. The van der Waals surface area contributed by atoms with Crippen LogP contribution in [-0.2, 0) is 14.4 Å². The number of aldehydes is 1. The molecule has 1 saturated heterocycles. The first-order chi connectivity index (χ1) is 10.1. The van der Waals surface area contributed by atoms with E-state index >= 15 is 0 Å². The van der Waals surface area contributed by atoms with Crippen LogP contribution in [0, 0.1) is 17.3 Å². The second-order valence-corrected chi connectivity index (χ2v) is 7.50. The maximum Gasteiger partial charge on any atom is 0.243 e. The average Bonchev–Trinajstić information content (AvgIpc) is 2.87. The standard InChI is InChI=1S/C16H29N3O3/c1-10(2)11-8-12(14(21)18-6-7-20)19(9-11)15(22)13(17)16(3,4)5/h7,10-13H,6,8-9,17H2,1-5H3,(H,18,21)/t11?,12-,13+/m0/s1. The van der Waals surface area contributed by atoms with Crippen LogP contribution < -0.4 is 11.1 Å². The van der Waals surface area contributed by atoms with Crippen molar-refractivity contribution in [1.29, 1.82) is 0 Å². The minimum absolute atomic E-state index is 0.0327. The van der Waals surface area contributed by atoms with E-state index in [9.17, 15) is 14.4 Å². The van der Waals surface area contributed by atoms with Gasteiger partial charge in [0.1, 0.15) is 12.3 Å². The SMILES string of the molecule is CC(C)C1C[C@@H](C(=O)NCC=O)N(C(=O)[C@@H](N)C(C)(C)C)C1. The maximum absolute atomic E-state index is 12.7. The number of carbonyl (C=O) groups excluding carboxylic acids is 3. The summed E-state index contributed by atoms with van der Waals surface area (Å²) in [6.45, 7) is 10.4. The molecule has 1 rings (SSSR count). The molecule has 0 aromatic heterocycles. The van der Waals surface area contributed by atoms with E-state index in [-0.39, 0.29) is 29.7 Å². The summed E-state index contributed by atoms with van der Waals surface area (Å²) in [6, 6.07) is -1.19. The van der Waals surface area contributed by atoms with Gasteiger partial charge in [0.15, 0.2) is 0 Å². The van der Waals surface area contributed by atoms with Gasteiger partial charge in [0.2, 0.25) is 11.8 Å². The van der Waals surface area contributed by atoms with E-state index < -0.39 is 12.1 Å². The van der Waals surface area contributed by atoms with Crippen molar-refractivity contribution >= 4 is 18.1 Å². The fourth-order valence-corrected chi connectivity index (χ4v) is 2.65. The van der Waals surface area contributed by atoms with Crippen molar-refractivity contribution < 1.29 is 14.4 Å². The Bertz CT molecular complexity index is 429. The van der Waals surface area contributed by atoms with Gasteiger partial charge < -0.3 is 20.7 Å². The molecular weight excluding hydrogens is 282 g/mol. The average molecular weight is 311 g/mol. The van der Waals surface area contributed by atoms with Crippen molar-refractivity contribution in [3.63, 3.8) is 0 Å². The zero-order valence-electron chi connectivity index (χ0n) is 14.3. The molecular formula is C16H29N3O3. The third kappa shape index (κ3) is 4.29. The molecule has 0 aromatic carbocycles. The van der Waals surface area contributed by atoms with Gasteiger partial charge in [-0.25, -0.2) is 0 Å². The molecule has 0 aliphatic carbocycles. The predicted octanol–water partition coefficient (Wildman–Crippen LogP) is 0.548. The number of rotatable bonds is 5. The highest BCUT2D eigenvalue weighted by Gasteiger charge is 2.43. The number of nitrogens with two attached hydrogens (primary N) is 1. The van der Waals surface area contributed by atoms with Gasteiger partial charge in [0, 0.05) is 6.54 Å². The molecule has 0 saturated carbocycles. The molecule has 0 bridgehead atoms. The first-order valence-electron chi connectivity index (χ1n) is 7.87. The second-order valence-electron chi connectivity index (χ2n) is 7.50. The van der Waals surface area contributed by atoms with Crippen LogP contribution in [0.25, 0.3) is 0 Å². The Morgan fingerprint density at radius 1 is 1.36 bits per heavy atom. The lowest BCUT2D eigenvalue weighted by atomic mass is 9.86. The molecule has 6 nitrogen and oxygen atoms in total. The van der Waals surface area contributed by atoms with Crippen LogP contribution in [0.5, 0.6) is 0 Å². The molecule has 1 fully saturated rings. The van der Waals surface area contributed by atoms with Crippen LogP contribution >= 0.6 is 0 Å². The molecule has 22 heavy (non-hydrogen) atoms. The van der Waals surface area contributed by atoms with Gasteiger partial charge in [-0.1, -0.05) is 34.6 Å². The number of nitrogens with one attached hydrogen (secondary N) is 1. The van der Waals surface area contributed by atoms with Crippen molar-refractivity contribution in [2.24, 2.45) is 23.0 Å². The van der Waals surface area contributed by atoms with Crippen molar-refractivity contribution in [2.45, 2.75) is 53.1 Å². The Morgan fingerprint density at radius 3 is 2.41 bits per heavy atom. The summed E-state index contributed by atoms with van der Waals surface area (Å²) < 4.78 is 0. The number of likely N-dealkylation sites (tertiary alicyclic amines) is 1. The Kier molecular flexibility index (Phi) is 6.11. The number of hydrogen-bond donors (Lipinski definition) is 2. The Labute approximate surface area is 132 Å².